The number of halogens is 1. The number of aliphatic hydroxyl groups is 1. The molecular weight excluding hydrogens is 671 g/mol. The zero-order valence-corrected chi connectivity index (χ0v) is 25.7. The highest BCUT2D eigenvalue weighted by Crippen LogP contribution is 2.41. The Balaban J connectivity index is 1.34. The van der Waals surface area contributed by atoms with E-state index >= 15 is 0 Å². The standard InChI is InChI=1S/C35H29IN2O6/c36-28-22-37(34(42)38(33(28)41)32(40)24-13-5-1-6-14-24)31-21-29(39)30(44-31)23-43-35(25-15-7-2-8-16-25,26-17-9-3-10-18-26)27-19-11-4-12-20-27/h1-20,22,29-31,39H,21,23H2/t29-,30+,31+/m0/s1. The molecule has 0 unspecified atom stereocenters. The van der Waals surface area contributed by atoms with Crippen LogP contribution < -0.4 is 11.2 Å². The predicted octanol–water partition coefficient (Wildman–Crippen LogP) is 4.96. The summed E-state index contributed by atoms with van der Waals surface area (Å²) in [7, 11) is 0. The summed E-state index contributed by atoms with van der Waals surface area (Å²) < 4.78 is 15.1. The van der Waals surface area contributed by atoms with E-state index in [2.05, 4.69) is 0 Å². The number of ether oxygens (including phenoxy) is 2. The van der Waals surface area contributed by atoms with Crippen molar-refractivity contribution in [3.63, 3.8) is 0 Å². The van der Waals surface area contributed by atoms with Gasteiger partial charge in [-0.25, -0.2) is 4.79 Å². The molecule has 1 fully saturated rings. The first-order valence-corrected chi connectivity index (χ1v) is 15.3. The maximum Gasteiger partial charge on any atom is 0.340 e. The molecule has 1 saturated heterocycles. The number of carbonyl (C=O) groups is 1. The highest BCUT2D eigenvalue weighted by molar-refractivity contribution is 14.1. The van der Waals surface area contributed by atoms with Crippen molar-refractivity contribution in [3.05, 3.63) is 174 Å². The van der Waals surface area contributed by atoms with Gasteiger partial charge in [0.25, 0.3) is 11.5 Å². The molecule has 0 radical (unpaired) electrons. The van der Waals surface area contributed by atoms with Crippen molar-refractivity contribution in [3.8, 4) is 0 Å². The maximum atomic E-state index is 13.5. The average molecular weight is 701 g/mol. The van der Waals surface area contributed by atoms with E-state index in [0.717, 1.165) is 16.7 Å². The summed E-state index contributed by atoms with van der Waals surface area (Å²) in [5, 5.41) is 11.1. The van der Waals surface area contributed by atoms with Crippen molar-refractivity contribution in [2.24, 2.45) is 0 Å². The highest BCUT2D eigenvalue weighted by Gasteiger charge is 2.42. The number of hydrogen-bond acceptors (Lipinski definition) is 6. The predicted molar refractivity (Wildman–Crippen MR) is 174 cm³/mol. The molecule has 2 heterocycles. The highest BCUT2D eigenvalue weighted by atomic mass is 127. The van der Waals surface area contributed by atoms with Crippen molar-refractivity contribution < 1.29 is 19.4 Å². The molecule has 1 aromatic heterocycles. The lowest BCUT2D eigenvalue weighted by Crippen LogP contribution is -2.45. The normalized spacial score (nSPS) is 18.3. The fourth-order valence-electron chi connectivity index (χ4n) is 5.65. The molecule has 0 bridgehead atoms. The number of aromatic nitrogens is 2. The third-order valence-electron chi connectivity index (χ3n) is 7.82. The first kappa shape index (κ1) is 29.9. The fraction of sp³-hybridized carbons (Fsp3) is 0.171. The van der Waals surface area contributed by atoms with Crippen LogP contribution in [0.15, 0.2) is 137 Å². The molecular formula is C35H29IN2O6. The molecule has 222 valence electrons. The summed E-state index contributed by atoms with van der Waals surface area (Å²) in [6.45, 7) is -0.00915. The Bertz CT molecular complexity index is 1760. The molecule has 0 saturated carbocycles. The lowest BCUT2D eigenvalue weighted by atomic mass is 9.80. The molecule has 4 aromatic carbocycles. The van der Waals surface area contributed by atoms with Gasteiger partial charge >= 0.3 is 5.69 Å². The summed E-state index contributed by atoms with van der Waals surface area (Å²) in [5.74, 6) is -0.732. The Kier molecular flexibility index (Phi) is 8.72. The first-order valence-electron chi connectivity index (χ1n) is 14.2. The molecule has 3 atom stereocenters. The summed E-state index contributed by atoms with van der Waals surface area (Å²) in [6, 6.07) is 37.7. The summed E-state index contributed by atoms with van der Waals surface area (Å²) >= 11 is 1.80. The van der Waals surface area contributed by atoms with Gasteiger partial charge in [0.15, 0.2) is 0 Å². The largest absolute Gasteiger partial charge is 0.390 e. The smallest absolute Gasteiger partial charge is 0.340 e. The molecule has 0 amide bonds. The molecule has 44 heavy (non-hydrogen) atoms. The molecule has 1 aliphatic heterocycles. The van der Waals surface area contributed by atoms with Crippen LogP contribution in [0.2, 0.25) is 0 Å². The Morgan fingerprint density at radius 1 is 0.818 bits per heavy atom. The molecule has 6 rings (SSSR count). The third-order valence-corrected chi connectivity index (χ3v) is 8.56. The van der Waals surface area contributed by atoms with Gasteiger partial charge in [0.05, 0.1) is 16.3 Å². The van der Waals surface area contributed by atoms with Crippen molar-refractivity contribution in [1.82, 2.24) is 9.13 Å². The number of nitrogens with zero attached hydrogens (tertiary/aromatic N) is 2. The van der Waals surface area contributed by atoms with Gasteiger partial charge in [-0.15, -0.1) is 0 Å². The van der Waals surface area contributed by atoms with E-state index in [1.807, 2.05) is 91.0 Å². The zero-order valence-electron chi connectivity index (χ0n) is 23.5. The van der Waals surface area contributed by atoms with E-state index < -0.39 is 41.2 Å². The average Bonchev–Trinajstić information content (AvgIpc) is 3.44. The van der Waals surface area contributed by atoms with Crippen LogP contribution in [0.1, 0.15) is 39.7 Å². The van der Waals surface area contributed by atoms with E-state index in [4.69, 9.17) is 9.47 Å². The maximum absolute atomic E-state index is 13.5. The second kappa shape index (κ2) is 12.8. The third kappa shape index (κ3) is 5.59. The summed E-state index contributed by atoms with van der Waals surface area (Å²) in [5.41, 5.74) is 0.341. The van der Waals surface area contributed by atoms with E-state index in [1.165, 1.54) is 10.8 Å². The Morgan fingerprint density at radius 2 is 1.30 bits per heavy atom. The molecule has 8 nitrogen and oxygen atoms in total. The molecule has 5 aromatic rings. The van der Waals surface area contributed by atoms with Crippen LogP contribution in [0.4, 0.5) is 0 Å². The van der Waals surface area contributed by atoms with Crippen LogP contribution in [0.5, 0.6) is 0 Å². The van der Waals surface area contributed by atoms with Gasteiger partial charge in [-0.05, 0) is 51.4 Å². The first-order chi connectivity index (χ1) is 21.4. The van der Waals surface area contributed by atoms with E-state index in [-0.39, 0.29) is 22.2 Å². The molecule has 9 heteroatoms. The Labute approximate surface area is 267 Å². The molecule has 1 N–H and O–H groups in total. The van der Waals surface area contributed by atoms with Gasteiger partial charge in [0.1, 0.15) is 17.9 Å². The van der Waals surface area contributed by atoms with Crippen LogP contribution in [-0.2, 0) is 15.1 Å². The van der Waals surface area contributed by atoms with Gasteiger partial charge in [0, 0.05) is 18.2 Å². The van der Waals surface area contributed by atoms with Crippen LogP contribution >= 0.6 is 22.6 Å². The number of rotatable bonds is 8. The second-order valence-corrected chi connectivity index (χ2v) is 11.7. The van der Waals surface area contributed by atoms with Gasteiger partial charge in [-0.2, -0.15) is 4.57 Å². The minimum Gasteiger partial charge on any atom is -0.390 e. The van der Waals surface area contributed by atoms with Crippen molar-refractivity contribution in [2.45, 2.75) is 30.5 Å². The topological polar surface area (TPSA) is 99.8 Å². The van der Waals surface area contributed by atoms with Crippen LogP contribution in [0.25, 0.3) is 0 Å². The van der Waals surface area contributed by atoms with Crippen molar-refractivity contribution >= 4 is 28.5 Å². The van der Waals surface area contributed by atoms with E-state index in [0.29, 0.717) is 4.57 Å². The van der Waals surface area contributed by atoms with Gasteiger partial charge < -0.3 is 14.6 Å². The van der Waals surface area contributed by atoms with Gasteiger partial charge in [-0.1, -0.05) is 109 Å². The van der Waals surface area contributed by atoms with Crippen molar-refractivity contribution in [2.75, 3.05) is 6.61 Å². The lowest BCUT2D eigenvalue weighted by Gasteiger charge is -2.37. The summed E-state index contributed by atoms with van der Waals surface area (Å²) in [4.78, 5) is 39.7. The SMILES string of the molecule is O=C(c1ccccc1)n1c(=O)c(I)cn([C@H]2C[C@H](O)[C@@H](COC(c3ccccc3)(c3ccccc3)c3ccccc3)O2)c1=O. The van der Waals surface area contributed by atoms with Crippen LogP contribution in [-0.4, -0.2) is 39.0 Å². The Morgan fingerprint density at radius 3 is 1.80 bits per heavy atom. The monoisotopic (exact) mass is 700 g/mol. The summed E-state index contributed by atoms with van der Waals surface area (Å²) in [6.07, 6.45) is -1.27. The van der Waals surface area contributed by atoms with E-state index in [9.17, 15) is 19.5 Å². The number of benzene rings is 4. The van der Waals surface area contributed by atoms with Gasteiger partial charge in [-0.3, -0.25) is 14.2 Å². The fourth-order valence-corrected chi connectivity index (χ4v) is 6.19. The number of hydrogen-bond donors (Lipinski definition) is 1. The van der Waals surface area contributed by atoms with Crippen molar-refractivity contribution in [1.29, 1.82) is 0 Å². The number of carbonyl (C=O) groups excluding carboxylic acids is 1. The quantitative estimate of drug-likeness (QED) is 0.182. The molecule has 1 aliphatic rings. The minimum atomic E-state index is -1.02. The second-order valence-electron chi connectivity index (χ2n) is 10.5. The molecule has 0 spiro atoms. The zero-order chi connectivity index (χ0) is 30.7. The minimum absolute atomic E-state index is 0.00915. The lowest BCUT2D eigenvalue weighted by molar-refractivity contribution is -0.0945. The molecule has 0 aliphatic carbocycles. The van der Waals surface area contributed by atoms with Crippen LogP contribution in [0, 0.1) is 3.57 Å². The number of aliphatic hydroxyl groups excluding tert-OH is 1. The van der Waals surface area contributed by atoms with E-state index in [1.54, 1.807) is 52.9 Å². The van der Waals surface area contributed by atoms with Crippen LogP contribution in [0.3, 0.4) is 0 Å². The Hall–Kier alpha value is -4.16. The van der Waals surface area contributed by atoms with Gasteiger partial charge in [0.2, 0.25) is 0 Å².